The topological polar surface area (TPSA) is 83.8 Å². The predicted molar refractivity (Wildman–Crippen MR) is 106 cm³/mol. The first-order valence-electron chi connectivity index (χ1n) is 10.0. The Bertz CT molecular complexity index is 818. The number of nitro groups is 1. The molecule has 0 bridgehead atoms. The maximum absolute atomic E-state index is 12.8. The highest BCUT2D eigenvalue weighted by molar-refractivity contribution is 6.22. The summed E-state index contributed by atoms with van der Waals surface area (Å²) in [6.45, 7) is 0. The Hall–Kier alpha value is -2.70. The second kappa shape index (κ2) is 7.37. The molecule has 7 heteroatoms. The van der Waals surface area contributed by atoms with Gasteiger partial charge in [0.1, 0.15) is 5.69 Å². The van der Waals surface area contributed by atoms with Crippen LogP contribution in [0, 0.1) is 22.0 Å². The van der Waals surface area contributed by atoms with Crippen LogP contribution < -0.4 is 9.80 Å². The van der Waals surface area contributed by atoms with Crippen molar-refractivity contribution in [2.45, 2.75) is 51.0 Å². The lowest BCUT2D eigenvalue weighted by Crippen LogP contribution is -2.34. The van der Waals surface area contributed by atoms with Gasteiger partial charge in [0.15, 0.2) is 0 Å². The first-order chi connectivity index (χ1) is 13.5. The van der Waals surface area contributed by atoms with Gasteiger partial charge in [0, 0.05) is 19.2 Å². The van der Waals surface area contributed by atoms with E-state index in [0.717, 1.165) is 30.6 Å². The third kappa shape index (κ3) is 3.08. The molecule has 1 aromatic carbocycles. The third-order valence-electron chi connectivity index (χ3n) is 6.42. The van der Waals surface area contributed by atoms with Crippen LogP contribution in [0.15, 0.2) is 30.4 Å². The van der Waals surface area contributed by atoms with Gasteiger partial charge in [-0.2, -0.15) is 0 Å². The molecule has 0 unspecified atom stereocenters. The van der Waals surface area contributed by atoms with E-state index in [1.54, 1.807) is 12.1 Å². The minimum Gasteiger partial charge on any atom is -0.366 e. The van der Waals surface area contributed by atoms with Gasteiger partial charge in [-0.1, -0.05) is 31.4 Å². The van der Waals surface area contributed by atoms with Gasteiger partial charge in [0.2, 0.25) is 11.8 Å². The molecule has 1 heterocycles. The van der Waals surface area contributed by atoms with Crippen LogP contribution in [0.5, 0.6) is 0 Å². The number of rotatable bonds is 4. The van der Waals surface area contributed by atoms with Crippen LogP contribution in [0.25, 0.3) is 0 Å². The highest BCUT2D eigenvalue weighted by Gasteiger charge is 2.48. The van der Waals surface area contributed by atoms with Crippen LogP contribution in [0.1, 0.15) is 44.9 Å². The Morgan fingerprint density at radius 3 is 2.21 bits per heavy atom. The van der Waals surface area contributed by atoms with Crippen molar-refractivity contribution in [1.82, 2.24) is 0 Å². The lowest BCUT2D eigenvalue weighted by atomic mass is 9.85. The highest BCUT2D eigenvalue weighted by atomic mass is 16.6. The van der Waals surface area contributed by atoms with Gasteiger partial charge in [-0.25, -0.2) is 4.90 Å². The number of carbonyl (C=O) groups excluding carboxylic acids is 2. The van der Waals surface area contributed by atoms with Crippen molar-refractivity contribution >= 4 is 28.9 Å². The number of anilines is 2. The van der Waals surface area contributed by atoms with E-state index in [2.05, 4.69) is 0 Å². The molecule has 3 aliphatic rings. The van der Waals surface area contributed by atoms with E-state index in [9.17, 15) is 19.7 Å². The number of imide groups is 1. The monoisotopic (exact) mass is 383 g/mol. The molecule has 7 nitrogen and oxygen atoms in total. The van der Waals surface area contributed by atoms with Crippen molar-refractivity contribution in [3.05, 3.63) is 40.5 Å². The third-order valence-corrected chi connectivity index (χ3v) is 6.42. The number of carbonyl (C=O) groups is 2. The Kier molecular flexibility index (Phi) is 4.91. The van der Waals surface area contributed by atoms with E-state index in [1.807, 2.05) is 24.1 Å². The molecule has 0 aromatic heterocycles. The zero-order valence-corrected chi connectivity index (χ0v) is 16.0. The fraction of sp³-hybridized carbons (Fsp3) is 0.524. The largest absolute Gasteiger partial charge is 0.366 e. The zero-order chi connectivity index (χ0) is 19.8. The van der Waals surface area contributed by atoms with Crippen LogP contribution >= 0.6 is 0 Å². The molecule has 1 aromatic rings. The summed E-state index contributed by atoms with van der Waals surface area (Å²) in [5.74, 6) is -1.19. The molecular weight excluding hydrogens is 358 g/mol. The van der Waals surface area contributed by atoms with Crippen molar-refractivity contribution in [2.24, 2.45) is 11.8 Å². The minimum atomic E-state index is -0.419. The fourth-order valence-electron chi connectivity index (χ4n) is 4.82. The summed E-state index contributed by atoms with van der Waals surface area (Å²) < 4.78 is 0. The normalized spacial score (nSPS) is 25.1. The van der Waals surface area contributed by atoms with Gasteiger partial charge in [0.05, 0.1) is 22.4 Å². The van der Waals surface area contributed by atoms with Gasteiger partial charge in [-0.3, -0.25) is 19.7 Å². The lowest BCUT2D eigenvalue weighted by molar-refractivity contribution is -0.384. The molecule has 1 aliphatic heterocycles. The average molecular weight is 383 g/mol. The van der Waals surface area contributed by atoms with E-state index in [4.69, 9.17) is 0 Å². The first-order valence-corrected chi connectivity index (χ1v) is 10.0. The highest BCUT2D eigenvalue weighted by Crippen LogP contribution is 2.41. The van der Waals surface area contributed by atoms with Crippen molar-refractivity contribution in [3.8, 4) is 0 Å². The number of hydrogen-bond donors (Lipinski definition) is 0. The summed E-state index contributed by atoms with van der Waals surface area (Å²) in [6, 6.07) is 5.02. The lowest BCUT2D eigenvalue weighted by Gasteiger charge is -2.32. The number of nitro benzene ring substituents is 1. The van der Waals surface area contributed by atoms with E-state index < -0.39 is 4.92 Å². The SMILES string of the molecule is CN(c1ccc(N2C(=O)[C@@H]3CC=CC[C@H]3C2=O)cc1[N+](=O)[O-])C1CCCCC1. The van der Waals surface area contributed by atoms with Gasteiger partial charge in [0.25, 0.3) is 5.69 Å². The number of amides is 2. The molecule has 2 fully saturated rings. The fourth-order valence-corrected chi connectivity index (χ4v) is 4.82. The summed E-state index contributed by atoms with van der Waals surface area (Å²) in [5.41, 5.74) is 0.787. The first kappa shape index (κ1) is 18.7. The maximum atomic E-state index is 12.8. The Morgan fingerprint density at radius 1 is 1.04 bits per heavy atom. The Morgan fingerprint density at radius 2 is 1.64 bits per heavy atom. The van der Waals surface area contributed by atoms with E-state index in [0.29, 0.717) is 24.2 Å². The molecule has 28 heavy (non-hydrogen) atoms. The number of nitrogens with zero attached hydrogens (tertiary/aromatic N) is 3. The maximum Gasteiger partial charge on any atom is 0.294 e. The van der Waals surface area contributed by atoms with Gasteiger partial charge in [-0.15, -0.1) is 0 Å². The van der Waals surface area contributed by atoms with Crippen molar-refractivity contribution in [1.29, 1.82) is 0 Å². The second-order valence-corrected chi connectivity index (χ2v) is 8.00. The quantitative estimate of drug-likeness (QED) is 0.342. The molecule has 0 spiro atoms. The summed E-state index contributed by atoms with van der Waals surface area (Å²) in [7, 11) is 1.89. The molecular formula is C21H25N3O4. The number of fused-ring (bicyclic) bond motifs is 1. The molecule has 0 radical (unpaired) electrons. The minimum absolute atomic E-state index is 0.0563. The van der Waals surface area contributed by atoms with Crippen molar-refractivity contribution < 1.29 is 14.5 Å². The molecule has 2 aliphatic carbocycles. The van der Waals surface area contributed by atoms with Crippen LogP contribution in [0.4, 0.5) is 17.1 Å². The second-order valence-electron chi connectivity index (χ2n) is 8.00. The molecule has 2 amide bonds. The summed E-state index contributed by atoms with van der Waals surface area (Å²) in [6.07, 6.45) is 10.5. The molecule has 0 N–H and O–H groups in total. The van der Waals surface area contributed by atoms with Crippen LogP contribution in [0.2, 0.25) is 0 Å². The van der Waals surface area contributed by atoms with Crippen LogP contribution in [0.3, 0.4) is 0 Å². The Labute approximate surface area is 164 Å². The molecule has 1 saturated carbocycles. The number of hydrogen-bond acceptors (Lipinski definition) is 5. The number of allylic oxidation sites excluding steroid dienone is 2. The smallest absolute Gasteiger partial charge is 0.294 e. The molecule has 1 saturated heterocycles. The van der Waals surface area contributed by atoms with Gasteiger partial charge >= 0.3 is 0 Å². The van der Waals surface area contributed by atoms with Crippen molar-refractivity contribution in [3.63, 3.8) is 0 Å². The zero-order valence-electron chi connectivity index (χ0n) is 16.0. The predicted octanol–water partition coefficient (Wildman–Crippen LogP) is 3.82. The average Bonchev–Trinajstić information content (AvgIpc) is 2.98. The molecule has 4 rings (SSSR count). The van der Waals surface area contributed by atoms with Crippen molar-refractivity contribution in [2.75, 3.05) is 16.8 Å². The summed E-state index contributed by atoms with van der Waals surface area (Å²) >= 11 is 0. The van der Waals surface area contributed by atoms with Gasteiger partial charge in [-0.05, 0) is 37.8 Å². The summed E-state index contributed by atoms with van der Waals surface area (Å²) in [5, 5.41) is 11.8. The van der Waals surface area contributed by atoms with E-state index >= 15 is 0 Å². The Balaban J connectivity index is 1.66. The standard InChI is InChI=1S/C21H25N3O4/c1-22(14-7-3-2-4-8-14)18-12-11-15(13-19(18)24(27)28)23-20(25)16-9-5-6-10-17(16)21(23)26/h5-6,11-14,16-17H,2-4,7-10H2,1H3/t16-,17-/m1/s1. The van der Waals surface area contributed by atoms with Crippen LogP contribution in [-0.2, 0) is 9.59 Å². The number of benzene rings is 1. The van der Waals surface area contributed by atoms with Gasteiger partial charge < -0.3 is 4.90 Å². The van der Waals surface area contributed by atoms with E-state index in [-0.39, 0.29) is 35.4 Å². The van der Waals surface area contributed by atoms with Crippen LogP contribution in [-0.4, -0.2) is 29.8 Å². The molecule has 148 valence electrons. The van der Waals surface area contributed by atoms with E-state index in [1.165, 1.54) is 12.5 Å². The molecule has 2 atom stereocenters. The summed E-state index contributed by atoms with van der Waals surface area (Å²) in [4.78, 5) is 40.1.